The van der Waals surface area contributed by atoms with Crippen LogP contribution in [0.2, 0.25) is 0 Å². The molecule has 0 amide bonds. The van der Waals surface area contributed by atoms with Crippen LogP contribution in [0, 0.1) is 0 Å². The van der Waals surface area contributed by atoms with Crippen LogP contribution in [-0.2, 0) is 6.42 Å². The zero-order valence-corrected chi connectivity index (χ0v) is 8.06. The molecule has 2 rings (SSSR count). The molecule has 1 heterocycles. The molecule has 70 valence electrons. The second-order valence-electron chi connectivity index (χ2n) is 3.35. The molecule has 0 atom stereocenters. The van der Waals surface area contributed by atoms with E-state index in [0.29, 0.717) is 0 Å². The predicted octanol–water partition coefficient (Wildman–Crippen LogP) is 3.07. The highest BCUT2D eigenvalue weighted by Gasteiger charge is 1.96. The van der Waals surface area contributed by atoms with E-state index < -0.39 is 0 Å². The molecule has 0 radical (unpaired) electrons. The van der Waals surface area contributed by atoms with E-state index >= 15 is 0 Å². The van der Waals surface area contributed by atoms with E-state index in [1.165, 1.54) is 11.1 Å². The van der Waals surface area contributed by atoms with E-state index in [9.17, 15) is 0 Å². The Morgan fingerprint density at radius 2 is 2.29 bits per heavy atom. The minimum absolute atomic E-state index is 0.967. The molecule has 0 fully saturated rings. The summed E-state index contributed by atoms with van der Waals surface area (Å²) < 4.78 is 0. The maximum atomic E-state index is 4.10. The molecule has 0 bridgehead atoms. The van der Waals surface area contributed by atoms with Crippen molar-refractivity contribution in [1.29, 1.82) is 0 Å². The zero-order chi connectivity index (χ0) is 9.64. The van der Waals surface area contributed by atoms with Gasteiger partial charge < -0.3 is 0 Å². The van der Waals surface area contributed by atoms with Gasteiger partial charge in [-0.05, 0) is 30.0 Å². The largest absolute Gasteiger partial charge is 0.264 e. The number of pyridine rings is 1. The molecule has 0 aliphatic heterocycles. The first kappa shape index (κ1) is 8.95. The van der Waals surface area contributed by atoms with Gasteiger partial charge in [0.2, 0.25) is 0 Å². The molecule has 1 nitrogen and oxygen atoms in total. The van der Waals surface area contributed by atoms with Crippen LogP contribution in [0.3, 0.4) is 0 Å². The molecule has 0 saturated carbocycles. The SMILES string of the molecule is C1=CCC=CC(Cc2cccnc2)=C1. The first-order chi connectivity index (χ1) is 6.95. The van der Waals surface area contributed by atoms with E-state index in [4.69, 9.17) is 0 Å². The summed E-state index contributed by atoms with van der Waals surface area (Å²) >= 11 is 0. The summed E-state index contributed by atoms with van der Waals surface area (Å²) in [7, 11) is 0. The fourth-order valence-electron chi connectivity index (χ4n) is 1.48. The predicted molar refractivity (Wildman–Crippen MR) is 58.9 cm³/mol. The van der Waals surface area contributed by atoms with Gasteiger partial charge in [0.05, 0.1) is 0 Å². The highest BCUT2D eigenvalue weighted by molar-refractivity contribution is 5.31. The van der Waals surface area contributed by atoms with E-state index in [0.717, 1.165) is 12.8 Å². The number of allylic oxidation sites excluding steroid dienone is 6. The van der Waals surface area contributed by atoms with E-state index in [-0.39, 0.29) is 0 Å². The molecule has 0 aromatic carbocycles. The molecule has 1 aromatic rings. The molecule has 14 heavy (non-hydrogen) atoms. The van der Waals surface area contributed by atoms with Crippen LogP contribution >= 0.6 is 0 Å². The summed E-state index contributed by atoms with van der Waals surface area (Å²) in [6.45, 7) is 0. The van der Waals surface area contributed by atoms with Crippen molar-refractivity contribution < 1.29 is 0 Å². The summed E-state index contributed by atoms with van der Waals surface area (Å²) in [5.74, 6) is 0. The molecule has 1 aliphatic carbocycles. The highest BCUT2D eigenvalue weighted by Crippen LogP contribution is 2.11. The van der Waals surface area contributed by atoms with Crippen molar-refractivity contribution in [2.45, 2.75) is 12.8 Å². The van der Waals surface area contributed by atoms with Gasteiger partial charge in [0.25, 0.3) is 0 Å². The molecule has 0 saturated heterocycles. The van der Waals surface area contributed by atoms with Gasteiger partial charge >= 0.3 is 0 Å². The van der Waals surface area contributed by atoms with Crippen LogP contribution in [0.1, 0.15) is 12.0 Å². The van der Waals surface area contributed by atoms with Gasteiger partial charge in [-0.15, -0.1) is 0 Å². The Balaban J connectivity index is 2.11. The molecule has 0 unspecified atom stereocenters. The van der Waals surface area contributed by atoms with E-state index in [1.807, 2.05) is 12.3 Å². The lowest BCUT2D eigenvalue weighted by Crippen LogP contribution is -1.87. The van der Waals surface area contributed by atoms with Crippen LogP contribution < -0.4 is 0 Å². The van der Waals surface area contributed by atoms with Gasteiger partial charge in [0, 0.05) is 12.4 Å². The average molecular weight is 183 g/mol. The van der Waals surface area contributed by atoms with Crippen molar-refractivity contribution in [2.24, 2.45) is 0 Å². The maximum absolute atomic E-state index is 4.10. The number of aromatic nitrogens is 1. The molecule has 1 aromatic heterocycles. The number of rotatable bonds is 2. The number of hydrogen-bond acceptors (Lipinski definition) is 1. The summed E-state index contributed by atoms with van der Waals surface area (Å²) in [5, 5.41) is 0. The lowest BCUT2D eigenvalue weighted by atomic mass is 10.1. The minimum Gasteiger partial charge on any atom is -0.264 e. The topological polar surface area (TPSA) is 12.9 Å². The molecule has 1 aliphatic rings. The number of hydrogen-bond donors (Lipinski definition) is 0. The van der Waals surface area contributed by atoms with E-state index in [2.05, 4.69) is 41.4 Å². The van der Waals surface area contributed by atoms with Crippen LogP contribution in [-0.4, -0.2) is 4.98 Å². The molecular formula is C13H13N. The van der Waals surface area contributed by atoms with Crippen molar-refractivity contribution >= 4 is 0 Å². The zero-order valence-electron chi connectivity index (χ0n) is 8.06. The standard InChI is InChI=1S/C13H13N/c1-2-4-7-12(6-3-1)10-13-8-5-9-14-11-13/h1,3-9,11H,2,10H2. The third-order valence-electron chi connectivity index (χ3n) is 2.18. The molecule has 0 spiro atoms. The Labute approximate surface area is 84.5 Å². The van der Waals surface area contributed by atoms with E-state index in [1.54, 1.807) is 6.20 Å². The first-order valence-corrected chi connectivity index (χ1v) is 4.86. The summed E-state index contributed by atoms with van der Waals surface area (Å²) in [5.41, 5.74) is 2.60. The van der Waals surface area contributed by atoms with Crippen LogP contribution in [0.5, 0.6) is 0 Å². The Bertz CT molecular complexity index is 371. The fraction of sp³-hybridized carbons (Fsp3) is 0.154. The highest BCUT2D eigenvalue weighted by atomic mass is 14.6. The maximum Gasteiger partial charge on any atom is 0.0303 e. The van der Waals surface area contributed by atoms with Gasteiger partial charge in [-0.2, -0.15) is 0 Å². The Kier molecular flexibility index (Phi) is 2.92. The van der Waals surface area contributed by atoms with Crippen molar-refractivity contribution in [3.63, 3.8) is 0 Å². The van der Waals surface area contributed by atoms with Crippen LogP contribution in [0.4, 0.5) is 0 Å². The smallest absolute Gasteiger partial charge is 0.0303 e. The van der Waals surface area contributed by atoms with Gasteiger partial charge in [-0.3, -0.25) is 4.98 Å². The average Bonchev–Trinajstić information content (AvgIpc) is 2.48. The normalized spacial score (nSPS) is 15.0. The molecule has 0 N–H and O–H groups in total. The van der Waals surface area contributed by atoms with Crippen molar-refractivity contribution in [1.82, 2.24) is 4.98 Å². The van der Waals surface area contributed by atoms with Gasteiger partial charge in [0.1, 0.15) is 0 Å². The summed E-state index contributed by atoms with van der Waals surface area (Å²) in [6.07, 6.45) is 16.5. The van der Waals surface area contributed by atoms with Crippen molar-refractivity contribution in [3.05, 3.63) is 66.0 Å². The summed E-state index contributed by atoms with van der Waals surface area (Å²) in [6, 6.07) is 4.09. The van der Waals surface area contributed by atoms with Crippen molar-refractivity contribution in [3.8, 4) is 0 Å². The second kappa shape index (κ2) is 4.56. The fourth-order valence-corrected chi connectivity index (χ4v) is 1.48. The monoisotopic (exact) mass is 183 g/mol. The van der Waals surface area contributed by atoms with Gasteiger partial charge in [0.15, 0.2) is 0 Å². The third-order valence-corrected chi connectivity index (χ3v) is 2.18. The Morgan fingerprint density at radius 3 is 3.14 bits per heavy atom. The Hall–Kier alpha value is -1.63. The van der Waals surface area contributed by atoms with Gasteiger partial charge in [-0.25, -0.2) is 0 Å². The lowest BCUT2D eigenvalue weighted by Gasteiger charge is -2.00. The van der Waals surface area contributed by atoms with Crippen LogP contribution in [0.15, 0.2) is 60.5 Å². The first-order valence-electron chi connectivity index (χ1n) is 4.86. The van der Waals surface area contributed by atoms with Gasteiger partial charge in [-0.1, -0.05) is 36.4 Å². The second-order valence-corrected chi connectivity index (χ2v) is 3.35. The van der Waals surface area contributed by atoms with Crippen LogP contribution in [0.25, 0.3) is 0 Å². The Morgan fingerprint density at radius 1 is 1.29 bits per heavy atom. The molecular weight excluding hydrogens is 170 g/mol. The minimum atomic E-state index is 0.967. The van der Waals surface area contributed by atoms with Crippen molar-refractivity contribution in [2.75, 3.05) is 0 Å². The quantitative estimate of drug-likeness (QED) is 0.686. The third kappa shape index (κ3) is 2.43. The molecule has 1 heteroatoms. The number of nitrogens with zero attached hydrogens (tertiary/aromatic N) is 1. The summed E-state index contributed by atoms with van der Waals surface area (Å²) in [4.78, 5) is 4.10. The lowest BCUT2D eigenvalue weighted by molar-refractivity contribution is 1.15.